The molecule has 0 spiro atoms. The summed E-state index contributed by atoms with van der Waals surface area (Å²) in [5, 5.41) is 0.559. The van der Waals surface area contributed by atoms with E-state index in [0.717, 1.165) is 38.5 Å². The van der Waals surface area contributed by atoms with Crippen LogP contribution in [0.5, 0.6) is 0 Å². The van der Waals surface area contributed by atoms with Gasteiger partial charge in [0, 0.05) is 10.6 Å². The number of nitrogens with one attached hydrogen (secondary N) is 1. The van der Waals surface area contributed by atoms with Gasteiger partial charge in [0.1, 0.15) is 0 Å². The number of sulfonamides is 1. The lowest BCUT2D eigenvalue weighted by molar-refractivity contribution is 0.244. The number of benzene rings is 1. The van der Waals surface area contributed by atoms with Crippen molar-refractivity contribution in [1.29, 1.82) is 0 Å². The molecule has 1 aromatic rings. The zero-order valence-electron chi connectivity index (χ0n) is 21.1. The quantitative estimate of drug-likeness (QED) is 0.205. The van der Waals surface area contributed by atoms with Gasteiger partial charge in [0.25, 0.3) is 0 Å². The zero-order chi connectivity index (χ0) is 23.8. The van der Waals surface area contributed by atoms with Crippen LogP contribution in [0.15, 0.2) is 29.2 Å². The van der Waals surface area contributed by atoms with Crippen LogP contribution in [0, 0.1) is 0 Å². The van der Waals surface area contributed by atoms with E-state index in [1.165, 1.54) is 89.9 Å². The minimum absolute atomic E-state index is 0.270. The first-order valence-electron chi connectivity index (χ1n) is 13.8. The van der Waals surface area contributed by atoms with Gasteiger partial charge < -0.3 is 0 Å². The molecule has 1 aliphatic rings. The highest BCUT2D eigenvalue weighted by molar-refractivity contribution is 7.89. The van der Waals surface area contributed by atoms with E-state index in [0.29, 0.717) is 9.92 Å². The van der Waals surface area contributed by atoms with E-state index in [2.05, 4.69) is 11.6 Å². The molecule has 0 saturated heterocycles. The smallest absolute Gasteiger partial charge is 0.207 e. The van der Waals surface area contributed by atoms with E-state index < -0.39 is 10.0 Å². The van der Waals surface area contributed by atoms with Crippen molar-refractivity contribution in [3.63, 3.8) is 0 Å². The summed E-state index contributed by atoms with van der Waals surface area (Å²) in [6.45, 7) is 2.28. The number of hydrogen-bond acceptors (Lipinski definition) is 2. The second-order valence-corrected chi connectivity index (χ2v) is 12.4. The van der Waals surface area contributed by atoms with Gasteiger partial charge in [-0.1, -0.05) is 128 Å². The molecule has 0 aliphatic heterocycles. The van der Waals surface area contributed by atoms with Gasteiger partial charge in [-0.25, -0.2) is 13.1 Å². The Kier molecular flexibility index (Phi) is 14.0. The molecule has 0 unspecified atom stereocenters. The van der Waals surface area contributed by atoms with Gasteiger partial charge in [-0.05, 0) is 43.5 Å². The van der Waals surface area contributed by atoms with Gasteiger partial charge in [-0.2, -0.15) is 0 Å². The predicted molar refractivity (Wildman–Crippen MR) is 143 cm³/mol. The summed E-state index contributed by atoms with van der Waals surface area (Å²) in [7, 11) is -3.51. The van der Waals surface area contributed by atoms with Crippen LogP contribution in [-0.4, -0.2) is 14.0 Å². The Balaban J connectivity index is 1.62. The lowest BCUT2D eigenvalue weighted by Gasteiger charge is -2.38. The average molecular weight is 498 g/mol. The van der Waals surface area contributed by atoms with Crippen molar-refractivity contribution in [3.8, 4) is 0 Å². The Morgan fingerprint density at radius 2 is 1.18 bits per heavy atom. The summed E-state index contributed by atoms with van der Waals surface area (Å²) >= 11 is 5.94. The van der Waals surface area contributed by atoms with Crippen LogP contribution in [0.1, 0.15) is 135 Å². The molecule has 1 fully saturated rings. The summed E-state index contributed by atoms with van der Waals surface area (Å²) < 4.78 is 29.1. The van der Waals surface area contributed by atoms with E-state index >= 15 is 0 Å². The van der Waals surface area contributed by atoms with Crippen molar-refractivity contribution in [1.82, 2.24) is 4.72 Å². The molecular formula is C28H48ClNO2S. The molecule has 0 radical (unpaired) electrons. The second-order valence-electron chi connectivity index (χ2n) is 10.2. The van der Waals surface area contributed by atoms with E-state index in [4.69, 9.17) is 11.6 Å². The van der Waals surface area contributed by atoms with Crippen LogP contribution in [0.3, 0.4) is 0 Å². The molecule has 1 saturated carbocycles. The van der Waals surface area contributed by atoms with Gasteiger partial charge in [0.05, 0.1) is 4.90 Å². The van der Waals surface area contributed by atoms with Crippen LogP contribution in [0.4, 0.5) is 0 Å². The van der Waals surface area contributed by atoms with Crippen LogP contribution in [-0.2, 0) is 10.0 Å². The standard InChI is InChI=1S/C28H48ClNO2S/c1-2-3-4-5-6-7-8-9-10-11-12-13-14-16-23-28(24-17-15-18-25-28)30-33(31,32)27-21-19-26(29)20-22-27/h19-22,30H,2-18,23-25H2,1H3. The van der Waals surface area contributed by atoms with Gasteiger partial charge in [0.15, 0.2) is 0 Å². The molecule has 0 heterocycles. The number of rotatable bonds is 18. The van der Waals surface area contributed by atoms with Crippen LogP contribution in [0.25, 0.3) is 0 Å². The Bertz CT molecular complexity index is 727. The molecule has 190 valence electrons. The topological polar surface area (TPSA) is 46.2 Å². The third kappa shape index (κ3) is 11.6. The van der Waals surface area contributed by atoms with Gasteiger partial charge in [-0.15, -0.1) is 0 Å². The molecule has 0 bridgehead atoms. The third-order valence-corrected chi connectivity index (χ3v) is 9.14. The van der Waals surface area contributed by atoms with Crippen LogP contribution < -0.4 is 4.72 Å². The predicted octanol–water partition coefficient (Wildman–Crippen LogP) is 9.19. The summed E-state index contributed by atoms with van der Waals surface area (Å²) in [6.07, 6.45) is 25.2. The Morgan fingerprint density at radius 3 is 1.67 bits per heavy atom. The highest BCUT2D eigenvalue weighted by Gasteiger charge is 2.35. The fourth-order valence-electron chi connectivity index (χ4n) is 5.25. The average Bonchev–Trinajstić information content (AvgIpc) is 2.80. The van der Waals surface area contributed by atoms with Crippen molar-refractivity contribution >= 4 is 21.6 Å². The third-order valence-electron chi connectivity index (χ3n) is 7.29. The molecular weight excluding hydrogens is 450 g/mol. The maximum atomic E-state index is 13.0. The van der Waals surface area contributed by atoms with Crippen molar-refractivity contribution in [2.24, 2.45) is 0 Å². The minimum atomic E-state index is -3.51. The molecule has 3 nitrogen and oxygen atoms in total. The number of hydrogen-bond donors (Lipinski definition) is 1. The molecule has 0 aromatic heterocycles. The highest BCUT2D eigenvalue weighted by atomic mass is 35.5. The molecule has 33 heavy (non-hydrogen) atoms. The minimum Gasteiger partial charge on any atom is -0.207 e. The largest absolute Gasteiger partial charge is 0.241 e. The van der Waals surface area contributed by atoms with E-state index in [9.17, 15) is 8.42 Å². The van der Waals surface area contributed by atoms with Crippen molar-refractivity contribution < 1.29 is 8.42 Å². The first kappa shape index (κ1) is 28.7. The summed E-state index contributed by atoms with van der Waals surface area (Å²) in [6, 6.07) is 6.51. The summed E-state index contributed by atoms with van der Waals surface area (Å²) in [5.74, 6) is 0. The van der Waals surface area contributed by atoms with Crippen molar-refractivity contribution in [3.05, 3.63) is 29.3 Å². The molecule has 1 aliphatic carbocycles. The molecule has 2 rings (SSSR count). The van der Waals surface area contributed by atoms with E-state index in [1.807, 2.05) is 0 Å². The summed E-state index contributed by atoms with van der Waals surface area (Å²) in [5.41, 5.74) is -0.270. The van der Waals surface area contributed by atoms with Crippen molar-refractivity contribution in [2.45, 2.75) is 146 Å². The van der Waals surface area contributed by atoms with E-state index in [-0.39, 0.29) is 5.54 Å². The first-order valence-corrected chi connectivity index (χ1v) is 15.6. The number of halogens is 1. The second kappa shape index (κ2) is 16.2. The maximum Gasteiger partial charge on any atom is 0.241 e. The summed E-state index contributed by atoms with van der Waals surface area (Å²) in [4.78, 5) is 0.317. The molecule has 0 atom stereocenters. The van der Waals surface area contributed by atoms with Gasteiger partial charge >= 0.3 is 0 Å². The van der Waals surface area contributed by atoms with Gasteiger partial charge in [-0.3, -0.25) is 0 Å². The fraction of sp³-hybridized carbons (Fsp3) is 0.786. The maximum absolute atomic E-state index is 13.0. The van der Waals surface area contributed by atoms with Crippen LogP contribution >= 0.6 is 11.6 Å². The molecule has 5 heteroatoms. The molecule has 1 aromatic carbocycles. The monoisotopic (exact) mass is 497 g/mol. The van der Waals surface area contributed by atoms with E-state index in [1.54, 1.807) is 24.3 Å². The normalized spacial score (nSPS) is 16.2. The fourth-order valence-corrected chi connectivity index (χ4v) is 6.86. The first-order chi connectivity index (χ1) is 16.0. The lowest BCUT2D eigenvalue weighted by Crippen LogP contribution is -2.49. The molecule has 0 amide bonds. The zero-order valence-corrected chi connectivity index (χ0v) is 22.6. The number of unbranched alkanes of at least 4 members (excludes halogenated alkanes) is 13. The lowest BCUT2D eigenvalue weighted by atomic mass is 9.79. The SMILES string of the molecule is CCCCCCCCCCCCCCCCC1(NS(=O)(=O)c2ccc(Cl)cc2)CCCCC1. The van der Waals surface area contributed by atoms with Gasteiger partial charge in [0.2, 0.25) is 10.0 Å². The molecule has 1 N–H and O–H groups in total. The Hall–Kier alpha value is -0.580. The van der Waals surface area contributed by atoms with Crippen LogP contribution in [0.2, 0.25) is 5.02 Å². The Morgan fingerprint density at radius 1 is 0.727 bits per heavy atom. The van der Waals surface area contributed by atoms with Crippen molar-refractivity contribution in [2.75, 3.05) is 0 Å². The Labute approximate surface area is 209 Å². The highest BCUT2D eigenvalue weighted by Crippen LogP contribution is 2.34.